The van der Waals surface area contributed by atoms with Gasteiger partial charge < -0.3 is 4.90 Å². The second-order valence-electron chi connectivity index (χ2n) is 5.78. The lowest BCUT2D eigenvalue weighted by Gasteiger charge is -2.35. The summed E-state index contributed by atoms with van der Waals surface area (Å²) in [6.45, 7) is 5.81. The minimum Gasteiger partial charge on any atom is -0.367 e. The number of anilines is 1. The van der Waals surface area contributed by atoms with Gasteiger partial charge in [-0.05, 0) is 26.0 Å². The second kappa shape index (κ2) is 6.52. The summed E-state index contributed by atoms with van der Waals surface area (Å²) < 4.78 is 42.6. The van der Waals surface area contributed by atoms with Crippen molar-refractivity contribution in [3.63, 3.8) is 0 Å². The zero-order valence-corrected chi connectivity index (χ0v) is 14.6. The zero-order chi connectivity index (χ0) is 17.3. The van der Waals surface area contributed by atoms with Gasteiger partial charge in [0.2, 0.25) is 10.0 Å². The van der Waals surface area contributed by atoms with Crippen LogP contribution in [0.2, 0.25) is 0 Å². The molecule has 1 saturated heterocycles. The molecular formula is C16H21FN4O2S. The van der Waals surface area contributed by atoms with E-state index in [1.54, 1.807) is 36.0 Å². The summed E-state index contributed by atoms with van der Waals surface area (Å²) in [5.74, 6) is -0.283. The molecule has 130 valence electrons. The molecule has 1 aliphatic heterocycles. The fourth-order valence-electron chi connectivity index (χ4n) is 2.93. The van der Waals surface area contributed by atoms with Gasteiger partial charge in [0.15, 0.2) is 0 Å². The quantitative estimate of drug-likeness (QED) is 0.843. The van der Waals surface area contributed by atoms with E-state index in [0.717, 1.165) is 0 Å². The lowest BCUT2D eigenvalue weighted by molar-refractivity contribution is 0.383. The first-order chi connectivity index (χ1) is 11.4. The molecule has 2 heterocycles. The fourth-order valence-corrected chi connectivity index (χ4v) is 4.52. The third kappa shape index (κ3) is 3.03. The molecule has 24 heavy (non-hydrogen) atoms. The molecule has 0 unspecified atom stereocenters. The van der Waals surface area contributed by atoms with Crippen LogP contribution in [0.5, 0.6) is 0 Å². The summed E-state index contributed by atoms with van der Waals surface area (Å²) in [6.07, 6.45) is 1.58. The summed E-state index contributed by atoms with van der Waals surface area (Å²) in [5.41, 5.74) is 1.03. The largest absolute Gasteiger partial charge is 0.367 e. The van der Waals surface area contributed by atoms with E-state index >= 15 is 0 Å². The zero-order valence-electron chi connectivity index (χ0n) is 13.8. The van der Waals surface area contributed by atoms with Crippen LogP contribution in [0.15, 0.2) is 35.4 Å². The van der Waals surface area contributed by atoms with Crippen LogP contribution in [0.4, 0.5) is 10.1 Å². The maximum Gasteiger partial charge on any atom is 0.246 e. The molecule has 2 aromatic rings. The molecule has 0 aliphatic carbocycles. The number of nitrogens with zero attached hydrogens (tertiary/aromatic N) is 4. The molecule has 1 aliphatic rings. The number of para-hydroxylation sites is 1. The number of piperazine rings is 1. The monoisotopic (exact) mass is 352 g/mol. The average Bonchev–Trinajstić information content (AvgIpc) is 2.97. The van der Waals surface area contributed by atoms with E-state index in [2.05, 4.69) is 5.10 Å². The highest BCUT2D eigenvalue weighted by atomic mass is 32.2. The summed E-state index contributed by atoms with van der Waals surface area (Å²) in [7, 11) is -3.57. The van der Waals surface area contributed by atoms with Crippen LogP contribution in [0, 0.1) is 12.7 Å². The number of aryl methyl sites for hydroxylation is 2. The van der Waals surface area contributed by atoms with Gasteiger partial charge in [0.05, 0.1) is 11.4 Å². The highest BCUT2D eigenvalue weighted by molar-refractivity contribution is 7.89. The van der Waals surface area contributed by atoms with Crippen molar-refractivity contribution in [3.8, 4) is 0 Å². The molecule has 1 aromatic carbocycles. The molecule has 3 rings (SSSR count). The number of aromatic nitrogens is 2. The van der Waals surface area contributed by atoms with Gasteiger partial charge in [0, 0.05) is 38.9 Å². The Labute approximate surface area is 141 Å². The van der Waals surface area contributed by atoms with Crippen molar-refractivity contribution in [2.75, 3.05) is 31.1 Å². The molecule has 0 radical (unpaired) electrons. The van der Waals surface area contributed by atoms with E-state index in [-0.39, 0.29) is 10.7 Å². The Bertz CT molecular complexity index is 826. The molecule has 1 fully saturated rings. The Kier molecular flexibility index (Phi) is 4.60. The molecular weight excluding hydrogens is 331 g/mol. The Morgan fingerprint density at radius 1 is 1.17 bits per heavy atom. The van der Waals surface area contributed by atoms with Crippen molar-refractivity contribution >= 4 is 15.7 Å². The maximum absolute atomic E-state index is 13.9. The van der Waals surface area contributed by atoms with Gasteiger partial charge in [-0.15, -0.1) is 0 Å². The van der Waals surface area contributed by atoms with Crippen LogP contribution in [0.1, 0.15) is 12.6 Å². The Morgan fingerprint density at radius 3 is 2.42 bits per heavy atom. The number of halogens is 1. The molecule has 0 amide bonds. The van der Waals surface area contributed by atoms with E-state index in [9.17, 15) is 12.8 Å². The van der Waals surface area contributed by atoms with Crippen molar-refractivity contribution in [1.29, 1.82) is 0 Å². The van der Waals surface area contributed by atoms with E-state index in [1.165, 1.54) is 10.4 Å². The minimum absolute atomic E-state index is 0.253. The van der Waals surface area contributed by atoms with E-state index in [1.807, 2.05) is 11.8 Å². The standard InChI is InChI=1S/C16H21FN4O2S/c1-3-20-12-16(13(2)18-20)24(22,23)21-10-8-19(9-11-21)15-7-5-4-6-14(15)17/h4-7,12H,3,8-11H2,1-2H3. The van der Waals surface area contributed by atoms with Gasteiger partial charge in [-0.2, -0.15) is 9.40 Å². The summed E-state index contributed by atoms with van der Waals surface area (Å²) in [5, 5.41) is 4.22. The first-order valence-electron chi connectivity index (χ1n) is 7.97. The SMILES string of the molecule is CCn1cc(S(=O)(=O)N2CCN(c3ccccc3F)CC2)c(C)n1. The Morgan fingerprint density at radius 2 is 1.83 bits per heavy atom. The normalized spacial score (nSPS) is 16.5. The number of benzene rings is 1. The van der Waals surface area contributed by atoms with Crippen LogP contribution in [0.3, 0.4) is 0 Å². The van der Waals surface area contributed by atoms with Gasteiger partial charge in [0.1, 0.15) is 10.7 Å². The molecule has 6 nitrogen and oxygen atoms in total. The highest BCUT2D eigenvalue weighted by Crippen LogP contribution is 2.24. The molecule has 0 atom stereocenters. The smallest absolute Gasteiger partial charge is 0.246 e. The predicted octanol–water partition coefficient (Wildman–Crippen LogP) is 1.86. The topological polar surface area (TPSA) is 58.4 Å². The van der Waals surface area contributed by atoms with Crippen LogP contribution in [-0.4, -0.2) is 48.7 Å². The van der Waals surface area contributed by atoms with Crippen molar-refractivity contribution in [2.45, 2.75) is 25.3 Å². The van der Waals surface area contributed by atoms with Gasteiger partial charge in [-0.25, -0.2) is 12.8 Å². The molecule has 0 bridgehead atoms. The molecule has 8 heteroatoms. The van der Waals surface area contributed by atoms with E-state index in [4.69, 9.17) is 0 Å². The van der Waals surface area contributed by atoms with E-state index < -0.39 is 10.0 Å². The Balaban J connectivity index is 1.76. The van der Waals surface area contributed by atoms with Crippen LogP contribution < -0.4 is 4.90 Å². The molecule has 0 spiro atoms. The number of hydrogen-bond acceptors (Lipinski definition) is 4. The van der Waals surface area contributed by atoms with Gasteiger partial charge in [-0.1, -0.05) is 12.1 Å². The van der Waals surface area contributed by atoms with Gasteiger partial charge in [-0.3, -0.25) is 4.68 Å². The van der Waals surface area contributed by atoms with Gasteiger partial charge >= 0.3 is 0 Å². The maximum atomic E-state index is 13.9. The fraction of sp³-hybridized carbons (Fsp3) is 0.438. The van der Waals surface area contributed by atoms with Crippen molar-refractivity contribution in [1.82, 2.24) is 14.1 Å². The predicted molar refractivity (Wildman–Crippen MR) is 90.0 cm³/mol. The van der Waals surface area contributed by atoms with Crippen molar-refractivity contribution in [2.24, 2.45) is 0 Å². The van der Waals surface area contributed by atoms with Crippen LogP contribution >= 0.6 is 0 Å². The van der Waals surface area contributed by atoms with Crippen LogP contribution in [-0.2, 0) is 16.6 Å². The molecule has 1 aromatic heterocycles. The molecule has 0 N–H and O–H groups in total. The van der Waals surface area contributed by atoms with Crippen molar-refractivity contribution < 1.29 is 12.8 Å². The number of hydrogen-bond donors (Lipinski definition) is 0. The molecule has 0 saturated carbocycles. The van der Waals surface area contributed by atoms with E-state index in [0.29, 0.717) is 44.1 Å². The average molecular weight is 352 g/mol. The Hall–Kier alpha value is -1.93. The third-order valence-electron chi connectivity index (χ3n) is 4.27. The number of sulfonamides is 1. The van der Waals surface area contributed by atoms with Gasteiger partial charge in [0.25, 0.3) is 0 Å². The lowest BCUT2D eigenvalue weighted by Crippen LogP contribution is -2.49. The third-order valence-corrected chi connectivity index (χ3v) is 6.28. The number of rotatable bonds is 4. The van der Waals surface area contributed by atoms with Crippen molar-refractivity contribution in [3.05, 3.63) is 42.0 Å². The first-order valence-corrected chi connectivity index (χ1v) is 9.41. The minimum atomic E-state index is -3.57. The summed E-state index contributed by atoms with van der Waals surface area (Å²) in [4.78, 5) is 2.13. The summed E-state index contributed by atoms with van der Waals surface area (Å²) in [6, 6.07) is 6.56. The summed E-state index contributed by atoms with van der Waals surface area (Å²) >= 11 is 0. The first kappa shape index (κ1) is 16.9. The lowest BCUT2D eigenvalue weighted by atomic mass is 10.2. The second-order valence-corrected chi connectivity index (χ2v) is 7.68. The highest BCUT2D eigenvalue weighted by Gasteiger charge is 2.31. The van der Waals surface area contributed by atoms with Crippen LogP contribution in [0.25, 0.3) is 0 Å².